The van der Waals surface area contributed by atoms with E-state index in [4.69, 9.17) is 21.1 Å². The lowest BCUT2D eigenvalue weighted by atomic mass is 10.1. The molecule has 20 heavy (non-hydrogen) atoms. The summed E-state index contributed by atoms with van der Waals surface area (Å²) in [7, 11) is 1.62. The van der Waals surface area contributed by atoms with Crippen LogP contribution in [0.5, 0.6) is 11.5 Å². The maximum absolute atomic E-state index is 6.22. The lowest BCUT2D eigenvalue weighted by Crippen LogP contribution is -2.44. The van der Waals surface area contributed by atoms with E-state index in [0.29, 0.717) is 17.4 Å². The van der Waals surface area contributed by atoms with Crippen molar-refractivity contribution in [2.45, 2.75) is 13.3 Å². The zero-order valence-corrected chi connectivity index (χ0v) is 13.0. The molecule has 1 heterocycles. The molecule has 1 aromatic carbocycles. The minimum atomic E-state index is 0.644. The highest BCUT2D eigenvalue weighted by Crippen LogP contribution is 2.33. The van der Waals surface area contributed by atoms with Gasteiger partial charge in [0.15, 0.2) is 0 Å². The predicted octanol–water partition coefficient (Wildman–Crippen LogP) is 2.19. The number of nitrogens with one attached hydrogen (secondary N) is 1. The first-order valence-corrected chi connectivity index (χ1v) is 7.54. The maximum Gasteiger partial charge on any atom is 0.141 e. The van der Waals surface area contributed by atoms with Crippen molar-refractivity contribution in [1.82, 2.24) is 10.2 Å². The Balaban J connectivity index is 2.06. The van der Waals surface area contributed by atoms with Gasteiger partial charge < -0.3 is 19.7 Å². The molecular formula is C15H23ClN2O2. The molecule has 1 fully saturated rings. The molecule has 0 radical (unpaired) electrons. The molecule has 1 saturated heterocycles. The van der Waals surface area contributed by atoms with Crippen molar-refractivity contribution in [3.8, 4) is 11.5 Å². The van der Waals surface area contributed by atoms with Gasteiger partial charge in [-0.1, -0.05) is 11.6 Å². The Bertz CT molecular complexity index is 434. The van der Waals surface area contributed by atoms with Crippen LogP contribution in [-0.2, 0) is 6.42 Å². The summed E-state index contributed by atoms with van der Waals surface area (Å²) in [6.07, 6.45) is 0.943. The smallest absolute Gasteiger partial charge is 0.141 e. The van der Waals surface area contributed by atoms with Crippen LogP contribution in [-0.4, -0.2) is 51.3 Å². The van der Waals surface area contributed by atoms with Crippen molar-refractivity contribution in [3.63, 3.8) is 0 Å². The molecule has 0 spiro atoms. The SMILES string of the molecule is CCOc1cc(OC)c(Cl)cc1CCN1CCNCC1. The highest BCUT2D eigenvalue weighted by atomic mass is 35.5. The molecule has 0 amide bonds. The van der Waals surface area contributed by atoms with Crippen LogP contribution in [0.25, 0.3) is 0 Å². The van der Waals surface area contributed by atoms with Crippen LogP contribution in [0.1, 0.15) is 12.5 Å². The van der Waals surface area contributed by atoms with Gasteiger partial charge in [-0.3, -0.25) is 0 Å². The van der Waals surface area contributed by atoms with Crippen molar-refractivity contribution >= 4 is 11.6 Å². The van der Waals surface area contributed by atoms with Gasteiger partial charge in [-0.25, -0.2) is 0 Å². The summed E-state index contributed by atoms with van der Waals surface area (Å²) in [5.74, 6) is 1.55. The summed E-state index contributed by atoms with van der Waals surface area (Å²) in [5.41, 5.74) is 1.15. The van der Waals surface area contributed by atoms with E-state index in [1.807, 2.05) is 19.1 Å². The molecular weight excluding hydrogens is 276 g/mol. The van der Waals surface area contributed by atoms with Gasteiger partial charge in [0, 0.05) is 38.8 Å². The monoisotopic (exact) mass is 298 g/mol. The number of hydrogen-bond donors (Lipinski definition) is 1. The second kappa shape index (κ2) is 7.72. The Morgan fingerprint density at radius 1 is 1.25 bits per heavy atom. The number of halogens is 1. The molecule has 1 N–H and O–H groups in total. The fraction of sp³-hybridized carbons (Fsp3) is 0.600. The topological polar surface area (TPSA) is 33.7 Å². The summed E-state index contributed by atoms with van der Waals surface area (Å²) < 4.78 is 11.0. The van der Waals surface area contributed by atoms with E-state index in [0.717, 1.165) is 50.5 Å². The molecule has 0 atom stereocenters. The first-order valence-electron chi connectivity index (χ1n) is 7.17. The van der Waals surface area contributed by atoms with Gasteiger partial charge >= 0.3 is 0 Å². The van der Waals surface area contributed by atoms with Gasteiger partial charge in [0.05, 0.1) is 18.7 Å². The highest BCUT2D eigenvalue weighted by molar-refractivity contribution is 6.32. The third-order valence-electron chi connectivity index (χ3n) is 3.54. The second-order valence-corrected chi connectivity index (χ2v) is 5.28. The minimum Gasteiger partial charge on any atom is -0.495 e. The average Bonchev–Trinajstić information content (AvgIpc) is 2.48. The van der Waals surface area contributed by atoms with Crippen molar-refractivity contribution in [1.29, 1.82) is 0 Å². The molecule has 0 bridgehead atoms. The molecule has 0 saturated carbocycles. The van der Waals surface area contributed by atoms with Crippen LogP contribution < -0.4 is 14.8 Å². The lowest BCUT2D eigenvalue weighted by Gasteiger charge is -2.27. The average molecular weight is 299 g/mol. The highest BCUT2D eigenvalue weighted by Gasteiger charge is 2.13. The van der Waals surface area contributed by atoms with Crippen LogP contribution >= 0.6 is 11.6 Å². The van der Waals surface area contributed by atoms with Crippen molar-refractivity contribution < 1.29 is 9.47 Å². The molecule has 5 heteroatoms. The van der Waals surface area contributed by atoms with Crippen LogP contribution in [0.3, 0.4) is 0 Å². The number of hydrogen-bond acceptors (Lipinski definition) is 4. The third-order valence-corrected chi connectivity index (χ3v) is 3.84. The van der Waals surface area contributed by atoms with Crippen LogP contribution in [0.4, 0.5) is 0 Å². The molecule has 1 aromatic rings. The number of piperazine rings is 1. The molecule has 112 valence electrons. The molecule has 1 aliphatic heterocycles. The molecule has 0 aliphatic carbocycles. The molecule has 4 nitrogen and oxygen atoms in total. The zero-order valence-electron chi connectivity index (χ0n) is 12.2. The fourth-order valence-electron chi connectivity index (χ4n) is 2.43. The van der Waals surface area contributed by atoms with E-state index in [2.05, 4.69) is 10.2 Å². The van der Waals surface area contributed by atoms with Gasteiger partial charge in [-0.15, -0.1) is 0 Å². The van der Waals surface area contributed by atoms with E-state index in [1.165, 1.54) is 0 Å². The fourth-order valence-corrected chi connectivity index (χ4v) is 2.69. The Morgan fingerprint density at radius 3 is 2.65 bits per heavy atom. The summed E-state index contributed by atoms with van der Waals surface area (Å²) in [6.45, 7) is 8.02. The zero-order chi connectivity index (χ0) is 14.4. The number of rotatable bonds is 6. The number of ether oxygens (including phenoxy) is 2. The van der Waals surface area contributed by atoms with E-state index < -0.39 is 0 Å². The van der Waals surface area contributed by atoms with E-state index in [9.17, 15) is 0 Å². The first-order chi connectivity index (χ1) is 9.74. The van der Waals surface area contributed by atoms with Crippen LogP contribution in [0.15, 0.2) is 12.1 Å². The largest absolute Gasteiger partial charge is 0.495 e. The molecule has 0 unspecified atom stereocenters. The number of benzene rings is 1. The molecule has 1 aliphatic rings. The summed E-state index contributed by atoms with van der Waals surface area (Å²) in [6, 6.07) is 3.85. The van der Waals surface area contributed by atoms with E-state index in [1.54, 1.807) is 7.11 Å². The van der Waals surface area contributed by atoms with E-state index >= 15 is 0 Å². The van der Waals surface area contributed by atoms with E-state index in [-0.39, 0.29) is 0 Å². The summed E-state index contributed by atoms with van der Waals surface area (Å²) in [5, 5.41) is 4.01. The number of nitrogens with zero attached hydrogens (tertiary/aromatic N) is 1. The van der Waals surface area contributed by atoms with Gasteiger partial charge in [-0.05, 0) is 25.0 Å². The Hall–Kier alpha value is -0.970. The summed E-state index contributed by atoms with van der Waals surface area (Å²) in [4.78, 5) is 2.46. The van der Waals surface area contributed by atoms with Crippen molar-refractivity contribution in [2.75, 3.05) is 46.4 Å². The van der Waals surface area contributed by atoms with Gasteiger partial charge in [0.1, 0.15) is 11.5 Å². The van der Waals surface area contributed by atoms with Crippen molar-refractivity contribution in [3.05, 3.63) is 22.7 Å². The standard InChI is InChI=1S/C15H23ClN2O2/c1-3-20-14-11-15(19-2)13(16)10-12(14)4-7-18-8-5-17-6-9-18/h10-11,17H,3-9H2,1-2H3. The molecule has 2 rings (SSSR count). The second-order valence-electron chi connectivity index (χ2n) is 4.87. The Morgan fingerprint density at radius 2 is 2.00 bits per heavy atom. The maximum atomic E-state index is 6.22. The third kappa shape index (κ3) is 4.01. The van der Waals surface area contributed by atoms with Gasteiger partial charge in [0.25, 0.3) is 0 Å². The van der Waals surface area contributed by atoms with Crippen LogP contribution in [0.2, 0.25) is 5.02 Å². The Labute approximate surface area is 126 Å². The summed E-state index contributed by atoms with van der Waals surface area (Å²) >= 11 is 6.22. The number of methoxy groups -OCH3 is 1. The lowest BCUT2D eigenvalue weighted by molar-refractivity contribution is 0.242. The van der Waals surface area contributed by atoms with Gasteiger partial charge in [0.2, 0.25) is 0 Å². The van der Waals surface area contributed by atoms with Crippen LogP contribution in [0, 0.1) is 0 Å². The van der Waals surface area contributed by atoms with Crippen molar-refractivity contribution in [2.24, 2.45) is 0 Å². The molecule has 0 aromatic heterocycles. The Kier molecular flexibility index (Phi) is 5.95. The quantitative estimate of drug-likeness (QED) is 0.873. The minimum absolute atomic E-state index is 0.644. The first kappa shape index (κ1) is 15.4. The van der Waals surface area contributed by atoms with Gasteiger partial charge in [-0.2, -0.15) is 0 Å². The predicted molar refractivity (Wildman–Crippen MR) is 82.2 cm³/mol. The normalized spacial score (nSPS) is 16.1.